The van der Waals surface area contributed by atoms with Gasteiger partial charge in [-0.25, -0.2) is 14.5 Å². The van der Waals surface area contributed by atoms with Gasteiger partial charge in [-0.3, -0.25) is 9.59 Å². The maximum absolute atomic E-state index is 13.3. The topological polar surface area (TPSA) is 68.1 Å². The van der Waals surface area contributed by atoms with Crippen molar-refractivity contribution in [3.05, 3.63) is 58.5 Å². The minimum absolute atomic E-state index is 0.105. The number of aromatic nitrogens is 3. The minimum atomic E-state index is -0.167. The molecule has 0 saturated carbocycles. The Morgan fingerprint density at radius 2 is 1.70 bits per heavy atom. The molecule has 156 valence electrons. The lowest BCUT2D eigenvalue weighted by molar-refractivity contribution is -0.128. The van der Waals surface area contributed by atoms with Gasteiger partial charge in [0, 0.05) is 18.8 Å². The summed E-state index contributed by atoms with van der Waals surface area (Å²) in [6.07, 6.45) is 5.74. The van der Waals surface area contributed by atoms with Crippen LogP contribution in [0.5, 0.6) is 0 Å². The normalized spacial score (nSPS) is 15.0. The van der Waals surface area contributed by atoms with E-state index in [4.69, 9.17) is 4.98 Å². The maximum Gasteiger partial charge on any atom is 0.267 e. The van der Waals surface area contributed by atoms with Crippen LogP contribution >= 0.6 is 11.8 Å². The third-order valence-electron chi connectivity index (χ3n) is 5.38. The van der Waals surface area contributed by atoms with Gasteiger partial charge in [0.25, 0.3) is 5.56 Å². The summed E-state index contributed by atoms with van der Waals surface area (Å²) >= 11 is 1.31. The summed E-state index contributed by atoms with van der Waals surface area (Å²) in [5.41, 5.74) is 1.28. The fraction of sp³-hybridized carbons (Fsp3) is 0.391. The van der Waals surface area contributed by atoms with E-state index < -0.39 is 0 Å². The highest BCUT2D eigenvalue weighted by molar-refractivity contribution is 7.99. The number of pyridine rings is 1. The largest absolute Gasteiger partial charge is 0.342 e. The second-order valence-electron chi connectivity index (χ2n) is 7.63. The first-order valence-corrected chi connectivity index (χ1v) is 11.5. The van der Waals surface area contributed by atoms with Crippen molar-refractivity contribution in [2.75, 3.05) is 18.8 Å². The molecule has 1 saturated heterocycles. The van der Waals surface area contributed by atoms with Crippen molar-refractivity contribution in [1.29, 1.82) is 0 Å². The van der Waals surface area contributed by atoms with Crippen LogP contribution in [0.4, 0.5) is 0 Å². The molecule has 2 aromatic heterocycles. The first kappa shape index (κ1) is 20.6. The fourth-order valence-electron chi connectivity index (χ4n) is 3.78. The third kappa shape index (κ3) is 4.56. The van der Waals surface area contributed by atoms with E-state index in [0.29, 0.717) is 21.9 Å². The Morgan fingerprint density at radius 3 is 2.47 bits per heavy atom. The van der Waals surface area contributed by atoms with Crippen LogP contribution in [0.2, 0.25) is 0 Å². The molecule has 1 amide bonds. The van der Waals surface area contributed by atoms with Gasteiger partial charge in [-0.15, -0.1) is 0 Å². The molecule has 0 radical (unpaired) electrons. The lowest BCUT2D eigenvalue weighted by Crippen LogP contribution is -2.35. The molecule has 0 bridgehead atoms. The van der Waals surface area contributed by atoms with E-state index in [1.54, 1.807) is 12.1 Å². The SMILES string of the molecule is Cc1cccc(-n2c(SCC(=O)N3CCCCCCC3)nc3ccccc3c2=O)n1. The number of benzene rings is 1. The van der Waals surface area contributed by atoms with Gasteiger partial charge in [0.05, 0.1) is 16.7 Å². The first-order valence-electron chi connectivity index (χ1n) is 10.5. The molecule has 1 fully saturated rings. The number of likely N-dealkylation sites (tertiary alicyclic amines) is 1. The van der Waals surface area contributed by atoms with Crippen LogP contribution in [0, 0.1) is 6.92 Å². The number of amides is 1. The predicted octanol–water partition coefficient (Wildman–Crippen LogP) is 3.97. The minimum Gasteiger partial charge on any atom is -0.342 e. The molecule has 7 heteroatoms. The highest BCUT2D eigenvalue weighted by Gasteiger charge is 2.19. The fourth-order valence-corrected chi connectivity index (χ4v) is 4.68. The van der Waals surface area contributed by atoms with Crippen molar-refractivity contribution in [3.8, 4) is 5.82 Å². The average Bonchev–Trinajstić information content (AvgIpc) is 2.72. The number of nitrogens with zero attached hydrogens (tertiary/aromatic N) is 4. The average molecular weight is 423 g/mol. The van der Waals surface area contributed by atoms with E-state index in [9.17, 15) is 9.59 Å². The molecule has 4 rings (SSSR count). The molecule has 6 nitrogen and oxygen atoms in total. The summed E-state index contributed by atoms with van der Waals surface area (Å²) in [6, 6.07) is 12.9. The Balaban J connectivity index is 1.66. The highest BCUT2D eigenvalue weighted by Crippen LogP contribution is 2.22. The molecular formula is C23H26N4O2S. The van der Waals surface area contributed by atoms with Gasteiger partial charge in [0.15, 0.2) is 5.16 Å². The van der Waals surface area contributed by atoms with Crippen molar-refractivity contribution in [1.82, 2.24) is 19.4 Å². The van der Waals surface area contributed by atoms with E-state index in [1.165, 1.54) is 35.6 Å². The second-order valence-corrected chi connectivity index (χ2v) is 8.57. The number of para-hydroxylation sites is 1. The summed E-state index contributed by atoms with van der Waals surface area (Å²) in [4.78, 5) is 37.3. The van der Waals surface area contributed by atoms with Gasteiger partial charge >= 0.3 is 0 Å². The predicted molar refractivity (Wildman–Crippen MR) is 120 cm³/mol. The monoisotopic (exact) mass is 422 g/mol. The smallest absolute Gasteiger partial charge is 0.267 e. The van der Waals surface area contributed by atoms with Crippen molar-refractivity contribution in [3.63, 3.8) is 0 Å². The Morgan fingerprint density at radius 1 is 0.967 bits per heavy atom. The Bertz CT molecular complexity index is 1100. The lowest BCUT2D eigenvalue weighted by atomic mass is 10.1. The van der Waals surface area contributed by atoms with Crippen LogP contribution in [0.1, 0.15) is 37.8 Å². The summed E-state index contributed by atoms with van der Waals surface area (Å²) in [6.45, 7) is 3.52. The first-order chi connectivity index (χ1) is 14.6. The van der Waals surface area contributed by atoms with E-state index in [1.807, 2.05) is 42.2 Å². The molecule has 1 aromatic carbocycles. The van der Waals surface area contributed by atoms with Crippen LogP contribution < -0.4 is 5.56 Å². The molecule has 1 aliphatic heterocycles. The van der Waals surface area contributed by atoms with E-state index in [-0.39, 0.29) is 17.2 Å². The second kappa shape index (κ2) is 9.43. The van der Waals surface area contributed by atoms with Crippen molar-refractivity contribution < 1.29 is 4.79 Å². The molecule has 0 atom stereocenters. The van der Waals surface area contributed by atoms with E-state index in [2.05, 4.69) is 4.98 Å². The molecule has 0 N–H and O–H groups in total. The van der Waals surface area contributed by atoms with Crippen molar-refractivity contribution in [2.24, 2.45) is 0 Å². The van der Waals surface area contributed by atoms with E-state index in [0.717, 1.165) is 31.6 Å². The van der Waals surface area contributed by atoms with Gasteiger partial charge in [0.1, 0.15) is 5.82 Å². The third-order valence-corrected chi connectivity index (χ3v) is 6.30. The number of hydrogen-bond acceptors (Lipinski definition) is 5. The van der Waals surface area contributed by atoms with Crippen LogP contribution in [0.25, 0.3) is 16.7 Å². The molecular weight excluding hydrogens is 396 g/mol. The Labute approximate surface area is 180 Å². The van der Waals surface area contributed by atoms with Gasteiger partial charge in [0.2, 0.25) is 5.91 Å². The number of carbonyl (C=O) groups is 1. The molecule has 3 heterocycles. The zero-order chi connectivity index (χ0) is 20.9. The maximum atomic E-state index is 13.3. The number of carbonyl (C=O) groups excluding carboxylic acids is 1. The summed E-state index contributed by atoms with van der Waals surface area (Å²) in [5, 5.41) is 1.04. The highest BCUT2D eigenvalue weighted by atomic mass is 32.2. The van der Waals surface area contributed by atoms with E-state index >= 15 is 0 Å². The van der Waals surface area contributed by atoms with Crippen LogP contribution in [-0.4, -0.2) is 44.2 Å². The van der Waals surface area contributed by atoms with Gasteiger partial charge < -0.3 is 4.90 Å². The molecule has 0 aliphatic carbocycles. The molecule has 3 aromatic rings. The number of thioether (sulfide) groups is 1. The zero-order valence-corrected chi connectivity index (χ0v) is 18.0. The molecule has 0 unspecified atom stereocenters. The number of fused-ring (bicyclic) bond motifs is 1. The standard InChI is InChI=1S/C23H26N4O2S/c1-17-10-9-13-20(24-17)27-22(29)18-11-5-6-12-19(18)25-23(27)30-16-21(28)26-14-7-3-2-4-8-15-26/h5-6,9-13H,2-4,7-8,14-16H2,1H3. The Kier molecular flexibility index (Phi) is 6.47. The quantitative estimate of drug-likeness (QED) is 0.470. The molecule has 30 heavy (non-hydrogen) atoms. The summed E-state index contributed by atoms with van der Waals surface area (Å²) < 4.78 is 1.53. The number of hydrogen-bond donors (Lipinski definition) is 0. The number of rotatable bonds is 4. The Hall–Kier alpha value is -2.67. The van der Waals surface area contributed by atoms with Crippen molar-refractivity contribution in [2.45, 2.75) is 44.2 Å². The summed E-state index contributed by atoms with van der Waals surface area (Å²) in [7, 11) is 0. The molecule has 1 aliphatic rings. The summed E-state index contributed by atoms with van der Waals surface area (Å²) in [5.74, 6) is 0.892. The zero-order valence-electron chi connectivity index (χ0n) is 17.2. The van der Waals surface area contributed by atoms with Crippen LogP contribution in [0.3, 0.4) is 0 Å². The van der Waals surface area contributed by atoms with Gasteiger partial charge in [-0.1, -0.05) is 49.2 Å². The van der Waals surface area contributed by atoms with Gasteiger partial charge in [-0.2, -0.15) is 0 Å². The van der Waals surface area contributed by atoms with Crippen molar-refractivity contribution >= 4 is 28.6 Å². The van der Waals surface area contributed by atoms with Crippen LogP contribution in [0.15, 0.2) is 52.4 Å². The number of aryl methyl sites for hydroxylation is 1. The van der Waals surface area contributed by atoms with Gasteiger partial charge in [-0.05, 0) is 44.0 Å². The molecule has 0 spiro atoms. The lowest BCUT2D eigenvalue weighted by Gasteiger charge is -2.24. The van der Waals surface area contributed by atoms with Crippen LogP contribution in [-0.2, 0) is 4.79 Å².